The van der Waals surface area contributed by atoms with E-state index in [1.807, 2.05) is 42.5 Å². The molecule has 14 heavy (non-hydrogen) atoms. The molecule has 0 unspecified atom stereocenters. The Balaban J connectivity index is 2.59. The third kappa shape index (κ3) is 2.61. The first-order valence-electron chi connectivity index (χ1n) is 4.57. The van der Waals surface area contributed by atoms with Gasteiger partial charge in [-0.25, -0.2) is 0 Å². The van der Waals surface area contributed by atoms with Crippen LogP contribution in [-0.2, 0) is 6.42 Å². The summed E-state index contributed by atoms with van der Waals surface area (Å²) in [4.78, 5) is 0. The summed E-state index contributed by atoms with van der Waals surface area (Å²) in [5, 5.41) is 17.6. The molecule has 0 heterocycles. The molecule has 0 N–H and O–H groups in total. The number of aryl methyl sites for hydroxylation is 1. The Morgan fingerprint density at radius 3 is 2.21 bits per heavy atom. The van der Waals surface area contributed by atoms with Crippen molar-refractivity contribution in [1.29, 1.82) is 10.5 Å². The summed E-state index contributed by atoms with van der Waals surface area (Å²) in [7, 11) is 0. The molecule has 2 heteroatoms. The maximum Gasteiger partial charge on any atom is 0.141 e. The van der Waals surface area contributed by atoms with E-state index in [2.05, 4.69) is 0 Å². The molecule has 0 radical (unpaired) electrons. The van der Waals surface area contributed by atoms with Gasteiger partial charge in [-0.05, 0) is 25.3 Å². The van der Waals surface area contributed by atoms with Crippen LogP contribution in [0.25, 0.3) is 0 Å². The van der Waals surface area contributed by atoms with Gasteiger partial charge in [0.15, 0.2) is 0 Å². The molecule has 1 aromatic carbocycles. The second-order valence-corrected chi connectivity index (χ2v) is 3.54. The average molecular weight is 184 g/mol. The lowest BCUT2D eigenvalue weighted by molar-refractivity contribution is 0.528. The minimum Gasteiger partial charge on any atom is -0.197 e. The van der Waals surface area contributed by atoms with Crippen molar-refractivity contribution in [3.05, 3.63) is 35.9 Å². The molecule has 0 saturated heterocycles. The SMILES string of the molecule is CC(C#N)(C#N)CCc1ccccc1. The normalized spacial score (nSPS) is 10.2. The van der Waals surface area contributed by atoms with Gasteiger partial charge in [0, 0.05) is 0 Å². The quantitative estimate of drug-likeness (QED) is 0.725. The Kier molecular flexibility index (Phi) is 3.26. The maximum atomic E-state index is 8.79. The fourth-order valence-corrected chi connectivity index (χ4v) is 1.18. The van der Waals surface area contributed by atoms with E-state index in [-0.39, 0.29) is 0 Å². The van der Waals surface area contributed by atoms with Crippen LogP contribution in [0.1, 0.15) is 18.9 Å². The molecular weight excluding hydrogens is 172 g/mol. The minimum absolute atomic E-state index is 0.587. The van der Waals surface area contributed by atoms with Crippen LogP contribution in [0.4, 0.5) is 0 Å². The molecule has 0 aliphatic heterocycles. The number of hydrogen-bond donors (Lipinski definition) is 0. The molecule has 0 bridgehead atoms. The van der Waals surface area contributed by atoms with E-state index < -0.39 is 5.41 Å². The van der Waals surface area contributed by atoms with Crippen molar-refractivity contribution in [2.75, 3.05) is 0 Å². The molecule has 0 aromatic heterocycles. The van der Waals surface area contributed by atoms with Gasteiger partial charge in [-0.3, -0.25) is 0 Å². The summed E-state index contributed by atoms with van der Waals surface area (Å²) in [6.07, 6.45) is 1.36. The first kappa shape index (κ1) is 10.3. The number of hydrogen-bond acceptors (Lipinski definition) is 2. The van der Waals surface area contributed by atoms with Gasteiger partial charge >= 0.3 is 0 Å². The van der Waals surface area contributed by atoms with Crippen LogP contribution >= 0.6 is 0 Å². The van der Waals surface area contributed by atoms with Crippen molar-refractivity contribution in [2.24, 2.45) is 5.41 Å². The third-order valence-electron chi connectivity index (χ3n) is 2.25. The number of benzene rings is 1. The lowest BCUT2D eigenvalue weighted by Gasteiger charge is -2.11. The lowest BCUT2D eigenvalue weighted by Crippen LogP contribution is -2.11. The van der Waals surface area contributed by atoms with Crippen molar-refractivity contribution in [2.45, 2.75) is 19.8 Å². The molecule has 2 nitrogen and oxygen atoms in total. The summed E-state index contributed by atoms with van der Waals surface area (Å²) in [6, 6.07) is 14.0. The molecule has 70 valence electrons. The summed E-state index contributed by atoms with van der Waals surface area (Å²) in [6.45, 7) is 1.68. The zero-order valence-corrected chi connectivity index (χ0v) is 8.20. The lowest BCUT2D eigenvalue weighted by atomic mass is 9.87. The largest absolute Gasteiger partial charge is 0.197 e. The fraction of sp³-hybridized carbons (Fsp3) is 0.333. The van der Waals surface area contributed by atoms with Gasteiger partial charge in [0.2, 0.25) is 0 Å². The Bertz CT molecular complexity index is 354. The first-order valence-corrected chi connectivity index (χ1v) is 4.57. The highest BCUT2D eigenvalue weighted by Crippen LogP contribution is 2.21. The smallest absolute Gasteiger partial charge is 0.141 e. The number of nitrogens with zero attached hydrogens (tertiary/aromatic N) is 2. The number of rotatable bonds is 3. The Labute approximate surface area is 84.4 Å². The van der Waals surface area contributed by atoms with E-state index in [9.17, 15) is 0 Å². The van der Waals surface area contributed by atoms with Crippen LogP contribution in [0.3, 0.4) is 0 Å². The first-order chi connectivity index (χ1) is 6.70. The Morgan fingerprint density at radius 2 is 1.71 bits per heavy atom. The molecule has 0 amide bonds. The molecule has 0 spiro atoms. The predicted molar refractivity (Wildman–Crippen MR) is 54.1 cm³/mol. The summed E-state index contributed by atoms with van der Waals surface area (Å²) >= 11 is 0. The van der Waals surface area contributed by atoms with Crippen molar-refractivity contribution in [3.8, 4) is 12.1 Å². The highest BCUT2D eigenvalue weighted by atomic mass is 14.4. The second kappa shape index (κ2) is 4.44. The van der Waals surface area contributed by atoms with Gasteiger partial charge in [0.05, 0.1) is 12.1 Å². The molecule has 1 rings (SSSR count). The minimum atomic E-state index is -0.851. The van der Waals surface area contributed by atoms with Crippen LogP contribution < -0.4 is 0 Å². The standard InChI is InChI=1S/C12H12N2/c1-12(9-13,10-14)8-7-11-5-3-2-4-6-11/h2-6H,7-8H2,1H3. The molecule has 0 atom stereocenters. The zero-order valence-electron chi connectivity index (χ0n) is 8.20. The second-order valence-electron chi connectivity index (χ2n) is 3.54. The van der Waals surface area contributed by atoms with E-state index in [0.29, 0.717) is 6.42 Å². The summed E-state index contributed by atoms with van der Waals surface area (Å²) < 4.78 is 0. The van der Waals surface area contributed by atoms with Crippen LogP contribution in [0.15, 0.2) is 30.3 Å². The van der Waals surface area contributed by atoms with Gasteiger partial charge < -0.3 is 0 Å². The van der Waals surface area contributed by atoms with Crippen LogP contribution in [0, 0.1) is 28.1 Å². The molecule has 1 aromatic rings. The predicted octanol–water partition coefficient (Wildman–Crippen LogP) is 2.67. The summed E-state index contributed by atoms with van der Waals surface area (Å²) in [5.41, 5.74) is 0.319. The zero-order chi connectivity index (χ0) is 10.4. The highest BCUT2D eigenvalue weighted by molar-refractivity contribution is 5.18. The van der Waals surface area contributed by atoms with Crippen molar-refractivity contribution >= 4 is 0 Å². The third-order valence-corrected chi connectivity index (χ3v) is 2.25. The van der Waals surface area contributed by atoms with Crippen LogP contribution in [0.2, 0.25) is 0 Å². The van der Waals surface area contributed by atoms with Gasteiger partial charge in [-0.1, -0.05) is 30.3 Å². The van der Waals surface area contributed by atoms with Crippen molar-refractivity contribution in [1.82, 2.24) is 0 Å². The van der Waals surface area contributed by atoms with Crippen molar-refractivity contribution in [3.63, 3.8) is 0 Å². The van der Waals surface area contributed by atoms with Crippen LogP contribution in [-0.4, -0.2) is 0 Å². The molecule has 0 aliphatic carbocycles. The van der Waals surface area contributed by atoms with Gasteiger partial charge in [0.1, 0.15) is 5.41 Å². The topological polar surface area (TPSA) is 47.6 Å². The highest BCUT2D eigenvalue weighted by Gasteiger charge is 2.22. The van der Waals surface area contributed by atoms with E-state index >= 15 is 0 Å². The van der Waals surface area contributed by atoms with Gasteiger partial charge in [-0.2, -0.15) is 10.5 Å². The van der Waals surface area contributed by atoms with Gasteiger partial charge in [0.25, 0.3) is 0 Å². The molecule has 0 saturated carbocycles. The average Bonchev–Trinajstić information content (AvgIpc) is 2.27. The van der Waals surface area contributed by atoms with E-state index in [4.69, 9.17) is 10.5 Å². The Morgan fingerprint density at radius 1 is 1.14 bits per heavy atom. The number of nitriles is 2. The van der Waals surface area contributed by atoms with Crippen LogP contribution in [0.5, 0.6) is 0 Å². The van der Waals surface area contributed by atoms with Gasteiger partial charge in [-0.15, -0.1) is 0 Å². The molecular formula is C12H12N2. The van der Waals surface area contributed by atoms with E-state index in [0.717, 1.165) is 6.42 Å². The van der Waals surface area contributed by atoms with Crippen molar-refractivity contribution < 1.29 is 0 Å². The Hall–Kier alpha value is -1.80. The summed E-state index contributed by atoms with van der Waals surface area (Å²) in [5.74, 6) is 0. The molecule has 0 aliphatic rings. The van der Waals surface area contributed by atoms with E-state index in [1.165, 1.54) is 5.56 Å². The monoisotopic (exact) mass is 184 g/mol. The fourth-order valence-electron chi connectivity index (χ4n) is 1.18. The van der Waals surface area contributed by atoms with E-state index in [1.54, 1.807) is 6.92 Å². The maximum absolute atomic E-state index is 8.79. The molecule has 0 fully saturated rings.